The minimum atomic E-state index is -10.7. The second-order valence-electron chi connectivity index (χ2n) is 12.7. The maximum absolute atomic E-state index is 10.7. The van der Waals surface area contributed by atoms with Crippen molar-refractivity contribution in [2.75, 3.05) is 52.4 Å². The number of rotatable bonds is 0. The molecule has 10 nitrogen and oxygen atoms in total. The molecule has 0 spiro atoms. The Labute approximate surface area is 317 Å². The molecule has 26 heteroatoms. The molecule has 2 aliphatic heterocycles. The van der Waals surface area contributed by atoms with Crippen LogP contribution < -0.4 is 31.5 Å². The first-order chi connectivity index (χ1) is 21.7. The van der Waals surface area contributed by atoms with E-state index in [9.17, 15) is 60.6 Å². The smallest absolute Gasteiger partial charge is 0.858 e. The summed E-state index contributed by atoms with van der Waals surface area (Å²) < 4.78 is 118. The average molecular weight is 916 g/mol. The number of nitrogens with zero attached hydrogens (tertiary/aromatic N) is 2. The third kappa shape index (κ3) is 74.3. The van der Waals surface area contributed by atoms with E-state index in [1.807, 2.05) is 0 Å². The largest absolute Gasteiger partial charge is 2.00 e. The van der Waals surface area contributed by atoms with E-state index in [-0.39, 0.29) is 44.1 Å². The van der Waals surface area contributed by atoms with Crippen LogP contribution in [0.3, 0.4) is 0 Å². The van der Waals surface area contributed by atoms with Crippen LogP contribution in [0.15, 0.2) is 9.98 Å². The van der Waals surface area contributed by atoms with Gasteiger partial charge in [0.05, 0.1) is 0 Å². The van der Waals surface area contributed by atoms with E-state index in [0.29, 0.717) is 0 Å². The third-order valence-electron chi connectivity index (χ3n) is 5.66. The summed E-state index contributed by atoms with van der Waals surface area (Å²) in [5.74, 6) is -2.93. The molecule has 322 valence electrons. The first kappa shape index (κ1) is 60.4. The molecule has 0 aromatic rings. The quantitative estimate of drug-likeness (QED) is 0.0482. The van der Waals surface area contributed by atoms with Crippen LogP contribution in [0.4, 0.5) is 50.4 Å². The van der Waals surface area contributed by atoms with Crippen LogP contribution in [-0.2, 0) is 33.0 Å². The van der Waals surface area contributed by atoms with Crippen molar-refractivity contribution in [2.45, 2.75) is 91.1 Å². The summed E-state index contributed by atoms with van der Waals surface area (Å²) in [6, 6.07) is 0. The Morgan fingerprint density at radius 1 is 0.538 bits per heavy atom. The maximum Gasteiger partial charge on any atom is 2.00 e. The molecule has 2 rings (SSSR count). The Morgan fingerprint density at radius 2 is 0.769 bits per heavy atom. The van der Waals surface area contributed by atoms with Gasteiger partial charge in [0.25, 0.3) is 0 Å². The monoisotopic (exact) mass is 914 g/mol. The fraction of sp³-hybridized carbons (Fsp3) is 0.846. The van der Waals surface area contributed by atoms with E-state index in [0.717, 1.165) is 78.0 Å². The Morgan fingerprint density at radius 3 is 1.00 bits per heavy atom. The number of aliphatic imine (C=N–C) groups is 2. The molecular formula is C26H52F12N8Ni2O2P2. The molecule has 2 aliphatic rings. The topological polar surface area (TPSA) is 167 Å². The molecule has 0 fully saturated rings. The third-order valence-corrected chi connectivity index (χ3v) is 5.66. The molecule has 0 bridgehead atoms. The van der Waals surface area contributed by atoms with Gasteiger partial charge < -0.3 is 42.3 Å². The van der Waals surface area contributed by atoms with Crippen molar-refractivity contribution >= 4 is 38.8 Å². The Hall–Kier alpha value is -0.873. The molecule has 0 aromatic heterocycles. The average Bonchev–Trinajstić information content (AvgIpc) is 2.81. The molecule has 0 saturated carbocycles. The summed E-state index contributed by atoms with van der Waals surface area (Å²) in [5, 5.41) is 44.3. The van der Waals surface area contributed by atoms with Crippen LogP contribution in [-0.4, -0.2) is 86.7 Å². The molecule has 0 aromatic carbocycles. The molecular weight excluding hydrogens is 864 g/mol. The van der Waals surface area contributed by atoms with Crippen molar-refractivity contribution < 1.29 is 93.6 Å². The summed E-state index contributed by atoms with van der Waals surface area (Å²) in [6.45, 7) is 21.8. The Kier molecular flexibility index (Phi) is 26.3. The van der Waals surface area contributed by atoms with Crippen molar-refractivity contribution in [1.82, 2.24) is 21.3 Å². The number of hydrogen-bond donors (Lipinski definition) is 6. The molecule has 0 atom stereocenters. The van der Waals surface area contributed by atoms with E-state index < -0.39 is 27.4 Å². The van der Waals surface area contributed by atoms with Gasteiger partial charge in [0.15, 0.2) is 0 Å². The van der Waals surface area contributed by atoms with Crippen molar-refractivity contribution in [2.24, 2.45) is 9.98 Å². The number of nitrogens with one attached hydrogen (secondary N) is 6. The predicted molar refractivity (Wildman–Crippen MR) is 176 cm³/mol. The molecule has 6 N–H and O–H groups in total. The molecule has 0 amide bonds. The van der Waals surface area contributed by atoms with Gasteiger partial charge in [-0.15, -0.1) is 0 Å². The number of hydrogen-bond acceptors (Lipinski definition) is 10. The van der Waals surface area contributed by atoms with Crippen molar-refractivity contribution in [3.63, 3.8) is 0 Å². The molecule has 2 heterocycles. The minimum absolute atomic E-state index is 0. The predicted octanol–water partition coefficient (Wildman–Crippen LogP) is 7.60. The van der Waals surface area contributed by atoms with E-state index in [2.05, 4.69) is 72.8 Å². The van der Waals surface area contributed by atoms with E-state index in [4.69, 9.17) is 10.8 Å². The SMILES string of the molecule is CC1=NCCCNCCCNC(C)(C)C1.CC1=NCCCNCCCNC(C)(C)C1.F[P-](F)(F)(F)(F)F.F[P-](F)(F)(F)(F)F.N=C([O-])C(=N)[O-].[Ni+2].[Ni+2]. The van der Waals surface area contributed by atoms with Gasteiger partial charge in [-0.1, -0.05) is 0 Å². The van der Waals surface area contributed by atoms with Crippen LogP contribution in [0.25, 0.3) is 0 Å². The molecule has 0 radical (unpaired) electrons. The standard InChI is InChI=1S/2C12H25N3.C2H4N2O2.2F6P.2Ni/c2*1-11-10-12(2,3)15-9-5-7-13-6-4-8-14-11;3-1(5)2(4)6;2*1-7(2,3,4,5)6;;/h2*13,15H,4-10H2,1-3H3;(H2,3,5)(H2,4,6);;;;/q;;;2*-1;2*+2/p-2. The van der Waals surface area contributed by atoms with Crippen LogP contribution in [0, 0.1) is 10.8 Å². The van der Waals surface area contributed by atoms with Gasteiger partial charge in [0.2, 0.25) is 0 Å². The van der Waals surface area contributed by atoms with Gasteiger partial charge in [-0.3, -0.25) is 9.98 Å². The van der Waals surface area contributed by atoms with Gasteiger partial charge in [-0.2, -0.15) is 0 Å². The van der Waals surface area contributed by atoms with Crippen LogP contribution in [0.5, 0.6) is 0 Å². The zero-order valence-electron chi connectivity index (χ0n) is 29.7. The second-order valence-corrected chi connectivity index (χ2v) is 16.5. The number of halogens is 12. The summed E-state index contributed by atoms with van der Waals surface area (Å²) in [7, 11) is -21.3. The van der Waals surface area contributed by atoms with Crippen LogP contribution in [0.1, 0.15) is 80.1 Å². The fourth-order valence-corrected chi connectivity index (χ4v) is 3.99. The zero-order chi connectivity index (χ0) is 40.3. The Bertz CT molecular complexity index is 1000. The van der Waals surface area contributed by atoms with E-state index >= 15 is 0 Å². The van der Waals surface area contributed by atoms with Gasteiger partial charge in [0.1, 0.15) is 0 Å². The van der Waals surface area contributed by atoms with Crippen molar-refractivity contribution in [3.05, 3.63) is 0 Å². The summed E-state index contributed by atoms with van der Waals surface area (Å²) in [6.07, 6.45) is 6.84. The van der Waals surface area contributed by atoms with Gasteiger partial charge in [-0.05, 0) is 118 Å². The summed E-state index contributed by atoms with van der Waals surface area (Å²) >= 11 is 0. The van der Waals surface area contributed by atoms with Gasteiger partial charge in [-0.25, -0.2) is 0 Å². The van der Waals surface area contributed by atoms with E-state index in [1.54, 1.807) is 0 Å². The summed E-state index contributed by atoms with van der Waals surface area (Å²) in [4.78, 5) is 9.18. The normalized spacial score (nSPS) is 21.4. The zero-order valence-corrected chi connectivity index (χ0v) is 33.4. The van der Waals surface area contributed by atoms with E-state index in [1.165, 1.54) is 24.3 Å². The summed E-state index contributed by atoms with van der Waals surface area (Å²) in [5.41, 5.74) is 2.92. The van der Waals surface area contributed by atoms with Crippen molar-refractivity contribution in [3.8, 4) is 0 Å². The van der Waals surface area contributed by atoms with Gasteiger partial charge in [0, 0.05) is 48.4 Å². The van der Waals surface area contributed by atoms with Crippen LogP contribution in [0.2, 0.25) is 0 Å². The molecule has 52 heavy (non-hydrogen) atoms. The first-order valence-corrected chi connectivity index (χ1v) is 19.4. The minimum Gasteiger partial charge on any atom is -0.858 e. The maximum atomic E-state index is 9.87. The molecule has 0 aliphatic carbocycles. The first-order valence-electron chi connectivity index (χ1n) is 15.3. The van der Waals surface area contributed by atoms with Gasteiger partial charge >= 0.3 is 99.0 Å². The fourth-order valence-electron chi connectivity index (χ4n) is 3.99. The molecule has 0 unspecified atom stereocenters. The Balaban J connectivity index is -0.000000186. The van der Waals surface area contributed by atoms with Crippen molar-refractivity contribution in [1.29, 1.82) is 10.8 Å². The second kappa shape index (κ2) is 22.6. The van der Waals surface area contributed by atoms with Crippen LogP contribution >= 0.6 is 15.6 Å². The molecule has 0 saturated heterocycles.